The monoisotopic (exact) mass is 292 g/mol. The van der Waals surface area contributed by atoms with Crippen LogP contribution in [0.2, 0.25) is 0 Å². The molecule has 0 aliphatic carbocycles. The zero-order chi connectivity index (χ0) is 14.3. The average Bonchev–Trinajstić information content (AvgIpc) is 2.82. The van der Waals surface area contributed by atoms with Crippen molar-refractivity contribution in [2.24, 2.45) is 0 Å². The van der Waals surface area contributed by atoms with Gasteiger partial charge in [-0.2, -0.15) is 0 Å². The fourth-order valence-electron chi connectivity index (χ4n) is 1.29. The van der Waals surface area contributed by atoms with Crippen LogP contribution in [0.1, 0.15) is 5.76 Å². The first kappa shape index (κ1) is 16.1. The quantitative estimate of drug-likeness (QED) is 0.603. The van der Waals surface area contributed by atoms with Crippen LogP contribution in [0, 0.1) is 0 Å². The summed E-state index contributed by atoms with van der Waals surface area (Å²) in [4.78, 5) is 0. The molecule has 0 aliphatic rings. The normalized spacial score (nSPS) is 12.2. The van der Waals surface area contributed by atoms with Crippen molar-refractivity contribution in [1.82, 2.24) is 9.62 Å². The van der Waals surface area contributed by atoms with Crippen LogP contribution in [-0.2, 0) is 21.3 Å². The number of sulfonamides is 1. The fourth-order valence-corrected chi connectivity index (χ4v) is 2.11. The van der Waals surface area contributed by atoms with Gasteiger partial charge in [0.05, 0.1) is 26.4 Å². The lowest BCUT2D eigenvalue weighted by Crippen LogP contribution is -2.22. The van der Waals surface area contributed by atoms with Crippen LogP contribution in [0.3, 0.4) is 0 Å². The third kappa shape index (κ3) is 4.92. The van der Waals surface area contributed by atoms with E-state index in [1.54, 1.807) is 6.07 Å². The standard InChI is InChI=1S/C11H20N2O5S/c1-13(2)19(15,16)11-4-3-10(18-11)9-12-5-7-17-8-6-14/h3-4,12,14H,5-9H2,1-2H3. The molecular formula is C11H20N2O5S. The summed E-state index contributed by atoms with van der Waals surface area (Å²) in [6.45, 7) is 1.81. The predicted molar refractivity (Wildman–Crippen MR) is 69.2 cm³/mol. The third-order valence-electron chi connectivity index (χ3n) is 2.33. The van der Waals surface area contributed by atoms with Gasteiger partial charge in [-0.3, -0.25) is 0 Å². The van der Waals surface area contributed by atoms with Gasteiger partial charge in [-0.05, 0) is 12.1 Å². The minimum absolute atomic E-state index is 0.00391. The van der Waals surface area contributed by atoms with Gasteiger partial charge in [-0.15, -0.1) is 0 Å². The van der Waals surface area contributed by atoms with Gasteiger partial charge >= 0.3 is 0 Å². The molecule has 1 rings (SSSR count). The second kappa shape index (κ2) is 7.61. The summed E-state index contributed by atoms with van der Waals surface area (Å²) in [5.41, 5.74) is 0. The molecule has 110 valence electrons. The topological polar surface area (TPSA) is 92.0 Å². The van der Waals surface area contributed by atoms with E-state index in [4.69, 9.17) is 14.3 Å². The Balaban J connectivity index is 2.40. The van der Waals surface area contributed by atoms with E-state index in [1.165, 1.54) is 20.2 Å². The van der Waals surface area contributed by atoms with Gasteiger partial charge in [0.1, 0.15) is 5.76 Å². The van der Waals surface area contributed by atoms with E-state index >= 15 is 0 Å². The van der Waals surface area contributed by atoms with E-state index in [0.29, 0.717) is 32.1 Å². The summed E-state index contributed by atoms with van der Waals surface area (Å²) in [6.07, 6.45) is 0. The number of aliphatic hydroxyl groups excluding tert-OH is 1. The summed E-state index contributed by atoms with van der Waals surface area (Å²) in [5, 5.41) is 11.5. The molecule has 0 bridgehead atoms. The highest BCUT2D eigenvalue weighted by Gasteiger charge is 2.21. The lowest BCUT2D eigenvalue weighted by molar-refractivity contribution is 0.0935. The Morgan fingerprint density at radius 2 is 2.11 bits per heavy atom. The van der Waals surface area contributed by atoms with Crippen LogP contribution < -0.4 is 5.32 Å². The smallest absolute Gasteiger partial charge is 0.275 e. The Morgan fingerprint density at radius 3 is 2.74 bits per heavy atom. The summed E-state index contributed by atoms with van der Waals surface area (Å²) >= 11 is 0. The number of ether oxygens (including phenoxy) is 1. The lowest BCUT2D eigenvalue weighted by atomic mass is 10.4. The Kier molecular flexibility index (Phi) is 6.46. The molecule has 0 spiro atoms. The molecule has 0 radical (unpaired) electrons. The van der Waals surface area contributed by atoms with Gasteiger partial charge in [-0.1, -0.05) is 0 Å². The molecule has 0 unspecified atom stereocenters. The zero-order valence-corrected chi connectivity index (χ0v) is 11.9. The van der Waals surface area contributed by atoms with Crippen molar-refractivity contribution in [2.75, 3.05) is 40.5 Å². The predicted octanol–water partition coefficient (Wildman–Crippen LogP) is -0.372. The van der Waals surface area contributed by atoms with Crippen LogP contribution in [0.5, 0.6) is 0 Å². The molecule has 1 aromatic rings. The molecule has 1 aromatic heterocycles. The maximum Gasteiger partial charge on any atom is 0.275 e. The molecule has 0 aliphatic heterocycles. The van der Waals surface area contributed by atoms with Crippen molar-refractivity contribution in [1.29, 1.82) is 0 Å². The summed E-state index contributed by atoms with van der Waals surface area (Å²) in [6, 6.07) is 3.06. The number of nitrogens with one attached hydrogen (secondary N) is 1. The summed E-state index contributed by atoms with van der Waals surface area (Å²) < 4.78 is 35.0. The molecular weight excluding hydrogens is 272 g/mol. The highest BCUT2D eigenvalue weighted by molar-refractivity contribution is 7.88. The number of aliphatic hydroxyl groups is 1. The van der Waals surface area contributed by atoms with Crippen molar-refractivity contribution in [2.45, 2.75) is 11.6 Å². The number of furan rings is 1. The van der Waals surface area contributed by atoms with Crippen molar-refractivity contribution in [3.05, 3.63) is 17.9 Å². The summed E-state index contributed by atoms with van der Waals surface area (Å²) in [7, 11) is -0.607. The first-order valence-corrected chi connectivity index (χ1v) is 7.33. The van der Waals surface area contributed by atoms with E-state index in [0.717, 1.165) is 4.31 Å². The molecule has 7 nitrogen and oxygen atoms in total. The van der Waals surface area contributed by atoms with E-state index in [2.05, 4.69) is 5.32 Å². The molecule has 0 atom stereocenters. The number of nitrogens with zero attached hydrogens (tertiary/aromatic N) is 1. The highest BCUT2D eigenvalue weighted by Crippen LogP contribution is 2.16. The Hall–Kier alpha value is -0.930. The maximum absolute atomic E-state index is 11.8. The average molecular weight is 292 g/mol. The Bertz CT molecular complexity index is 469. The van der Waals surface area contributed by atoms with E-state index < -0.39 is 10.0 Å². The van der Waals surface area contributed by atoms with Gasteiger partial charge in [0.25, 0.3) is 10.0 Å². The summed E-state index contributed by atoms with van der Waals surface area (Å²) in [5.74, 6) is 0.544. The van der Waals surface area contributed by atoms with Crippen molar-refractivity contribution >= 4 is 10.0 Å². The molecule has 8 heteroatoms. The van der Waals surface area contributed by atoms with Crippen LogP contribution >= 0.6 is 0 Å². The first-order valence-electron chi connectivity index (χ1n) is 5.89. The zero-order valence-electron chi connectivity index (χ0n) is 11.1. The molecule has 0 amide bonds. The van der Waals surface area contributed by atoms with Crippen LogP contribution in [0.15, 0.2) is 21.6 Å². The minimum Gasteiger partial charge on any atom is -0.447 e. The molecule has 19 heavy (non-hydrogen) atoms. The van der Waals surface area contributed by atoms with Gasteiger partial charge in [0.15, 0.2) is 0 Å². The van der Waals surface area contributed by atoms with Crippen molar-refractivity contribution in [3.8, 4) is 0 Å². The van der Waals surface area contributed by atoms with Gasteiger partial charge in [0, 0.05) is 20.6 Å². The van der Waals surface area contributed by atoms with E-state index in [1.807, 2.05) is 0 Å². The molecule has 0 aromatic carbocycles. The van der Waals surface area contributed by atoms with Crippen LogP contribution in [0.25, 0.3) is 0 Å². The third-order valence-corrected chi connectivity index (χ3v) is 4.02. The van der Waals surface area contributed by atoms with Crippen molar-refractivity contribution < 1.29 is 22.7 Å². The van der Waals surface area contributed by atoms with Gasteiger partial charge in [-0.25, -0.2) is 12.7 Å². The van der Waals surface area contributed by atoms with Crippen LogP contribution in [0.4, 0.5) is 0 Å². The largest absolute Gasteiger partial charge is 0.447 e. The second-order valence-corrected chi connectivity index (χ2v) is 6.10. The fraction of sp³-hybridized carbons (Fsp3) is 0.636. The first-order chi connectivity index (χ1) is 8.98. The Labute approximate surface area is 113 Å². The molecule has 1 heterocycles. The molecule has 0 saturated carbocycles. The van der Waals surface area contributed by atoms with Gasteiger partial charge in [0.2, 0.25) is 5.09 Å². The number of rotatable bonds is 9. The highest BCUT2D eigenvalue weighted by atomic mass is 32.2. The number of hydrogen-bond acceptors (Lipinski definition) is 6. The Morgan fingerprint density at radius 1 is 1.37 bits per heavy atom. The minimum atomic E-state index is -3.51. The maximum atomic E-state index is 11.8. The van der Waals surface area contributed by atoms with E-state index in [9.17, 15) is 8.42 Å². The van der Waals surface area contributed by atoms with Gasteiger partial charge < -0.3 is 19.6 Å². The SMILES string of the molecule is CN(C)S(=O)(=O)c1ccc(CNCCOCCO)o1. The molecule has 0 saturated heterocycles. The van der Waals surface area contributed by atoms with Crippen molar-refractivity contribution in [3.63, 3.8) is 0 Å². The number of hydrogen-bond donors (Lipinski definition) is 2. The van der Waals surface area contributed by atoms with E-state index in [-0.39, 0.29) is 11.7 Å². The second-order valence-electron chi connectivity index (χ2n) is 4.02. The van der Waals surface area contributed by atoms with Crippen LogP contribution in [-0.4, -0.2) is 58.3 Å². The lowest BCUT2D eigenvalue weighted by Gasteiger charge is -2.08. The molecule has 0 fully saturated rings. The molecule has 2 N–H and O–H groups in total.